The smallest absolute Gasteiger partial charge is 0.267 e. The predicted octanol–water partition coefficient (Wildman–Crippen LogP) is 1.60. The molecule has 2 aromatic rings. The number of rotatable bonds is 4. The van der Waals surface area contributed by atoms with Crippen LogP contribution in [0.3, 0.4) is 0 Å². The number of carbonyl (C=O) groups excluding carboxylic acids is 1. The number of hydrogen-bond acceptors (Lipinski definition) is 5. The first-order valence-electron chi connectivity index (χ1n) is 8.81. The highest BCUT2D eigenvalue weighted by molar-refractivity contribution is 5.97. The first kappa shape index (κ1) is 18.7. The van der Waals surface area contributed by atoms with Gasteiger partial charge in [0.05, 0.1) is 37.1 Å². The molecule has 7 heteroatoms. The lowest BCUT2D eigenvalue weighted by atomic mass is 10.0. The Morgan fingerprint density at radius 1 is 1.44 bits per heavy atom. The third kappa shape index (κ3) is 3.44. The van der Waals surface area contributed by atoms with Crippen LogP contribution in [0.5, 0.6) is 5.75 Å². The molecule has 0 atom stereocenters. The molecule has 0 bridgehead atoms. The third-order valence-corrected chi connectivity index (χ3v) is 4.71. The van der Waals surface area contributed by atoms with Crippen molar-refractivity contribution in [3.63, 3.8) is 0 Å². The number of aromatic hydroxyl groups is 1. The number of nitrogens with zero attached hydrogens (tertiary/aromatic N) is 2. The maximum atomic E-state index is 13.0. The zero-order chi connectivity index (χ0) is 19.6. The van der Waals surface area contributed by atoms with E-state index in [-0.39, 0.29) is 24.5 Å². The number of amides is 1. The summed E-state index contributed by atoms with van der Waals surface area (Å²) in [5, 5.41) is 22.2. The highest BCUT2D eigenvalue weighted by Gasteiger charge is 2.27. The molecule has 0 aliphatic carbocycles. The molecule has 1 aliphatic rings. The molecule has 1 aromatic carbocycles. The number of aromatic nitrogens is 1. The maximum absolute atomic E-state index is 13.0. The van der Waals surface area contributed by atoms with Crippen molar-refractivity contribution in [2.24, 2.45) is 0 Å². The molecule has 7 nitrogen and oxygen atoms in total. The van der Waals surface area contributed by atoms with E-state index in [2.05, 4.69) is 11.4 Å². The molecule has 1 aromatic heterocycles. The molecule has 2 N–H and O–H groups in total. The fourth-order valence-corrected chi connectivity index (χ4v) is 3.33. The molecule has 3 rings (SSSR count). The van der Waals surface area contributed by atoms with Crippen LogP contribution in [0.2, 0.25) is 0 Å². The summed E-state index contributed by atoms with van der Waals surface area (Å²) < 4.78 is 6.96. The molecule has 1 aliphatic heterocycles. The Labute approximate surface area is 156 Å². The average Bonchev–Trinajstić information content (AvgIpc) is 2.65. The van der Waals surface area contributed by atoms with E-state index in [0.29, 0.717) is 36.4 Å². The molecule has 1 amide bonds. The van der Waals surface area contributed by atoms with Crippen LogP contribution < -0.4 is 10.9 Å². The van der Waals surface area contributed by atoms with E-state index >= 15 is 0 Å². The zero-order valence-electron chi connectivity index (χ0n) is 15.3. The second kappa shape index (κ2) is 7.64. The third-order valence-electron chi connectivity index (χ3n) is 4.71. The Balaban J connectivity index is 2.15. The number of hydrogen-bond donors (Lipinski definition) is 2. The van der Waals surface area contributed by atoms with Gasteiger partial charge >= 0.3 is 0 Å². The zero-order valence-corrected chi connectivity index (χ0v) is 15.3. The van der Waals surface area contributed by atoms with Crippen LogP contribution in [0.4, 0.5) is 0 Å². The Morgan fingerprint density at radius 2 is 2.22 bits per heavy atom. The normalized spacial score (nSPS) is 12.9. The summed E-state index contributed by atoms with van der Waals surface area (Å²) in [6, 6.07) is 7.46. The lowest BCUT2D eigenvalue weighted by molar-refractivity contribution is 0.0937. The Hall–Kier alpha value is -3.11. The number of fused-ring (bicyclic) bond motifs is 1. The van der Waals surface area contributed by atoms with Crippen LogP contribution >= 0.6 is 0 Å². The fraction of sp³-hybridized carbons (Fsp3) is 0.350. The molecule has 0 saturated carbocycles. The van der Waals surface area contributed by atoms with Gasteiger partial charge in [-0.1, -0.05) is 12.1 Å². The highest BCUT2D eigenvalue weighted by atomic mass is 16.5. The van der Waals surface area contributed by atoms with Gasteiger partial charge in [0, 0.05) is 18.5 Å². The summed E-state index contributed by atoms with van der Waals surface area (Å²) in [7, 11) is 0. The van der Waals surface area contributed by atoms with Crippen LogP contribution in [-0.2, 0) is 24.3 Å². The Bertz CT molecular complexity index is 1000. The number of benzene rings is 1. The number of carbonyl (C=O) groups is 1. The van der Waals surface area contributed by atoms with Crippen molar-refractivity contribution in [2.75, 3.05) is 13.2 Å². The summed E-state index contributed by atoms with van der Waals surface area (Å²) in [5.41, 5.74) is 2.59. The Kier molecular flexibility index (Phi) is 5.28. The molecule has 0 spiro atoms. The lowest BCUT2D eigenvalue weighted by Gasteiger charge is -2.24. The number of nitriles is 1. The van der Waals surface area contributed by atoms with Crippen LogP contribution in [-0.4, -0.2) is 28.7 Å². The highest BCUT2D eigenvalue weighted by Crippen LogP contribution is 2.28. The van der Waals surface area contributed by atoms with E-state index in [1.54, 1.807) is 19.1 Å². The van der Waals surface area contributed by atoms with Gasteiger partial charge in [-0.25, -0.2) is 0 Å². The van der Waals surface area contributed by atoms with E-state index < -0.39 is 11.5 Å². The van der Waals surface area contributed by atoms with Crippen molar-refractivity contribution in [3.05, 3.63) is 62.1 Å². The predicted molar refractivity (Wildman–Crippen MR) is 98.7 cm³/mol. The first-order valence-corrected chi connectivity index (χ1v) is 8.81. The minimum Gasteiger partial charge on any atom is -0.507 e. The molecule has 0 unspecified atom stereocenters. The van der Waals surface area contributed by atoms with E-state index in [4.69, 9.17) is 10.00 Å². The average molecular weight is 367 g/mol. The minimum absolute atomic E-state index is 0.197. The van der Waals surface area contributed by atoms with Gasteiger partial charge in [0.25, 0.3) is 11.5 Å². The first-order chi connectivity index (χ1) is 13.0. The number of nitrogens with one attached hydrogen (secondary N) is 1. The molecule has 0 fully saturated rings. The maximum Gasteiger partial charge on any atom is 0.267 e. The van der Waals surface area contributed by atoms with Gasteiger partial charge in [-0.05, 0) is 31.0 Å². The second-order valence-electron chi connectivity index (χ2n) is 6.46. The summed E-state index contributed by atoms with van der Waals surface area (Å²) in [6.07, 6.45) is 0.431. The van der Waals surface area contributed by atoms with Gasteiger partial charge in [0.2, 0.25) is 0 Å². The van der Waals surface area contributed by atoms with Gasteiger partial charge in [0.1, 0.15) is 11.3 Å². The molecule has 0 saturated heterocycles. The van der Waals surface area contributed by atoms with Crippen LogP contribution in [0.15, 0.2) is 23.0 Å². The van der Waals surface area contributed by atoms with Crippen molar-refractivity contribution >= 4 is 5.91 Å². The van der Waals surface area contributed by atoms with E-state index in [1.165, 1.54) is 4.57 Å². The SMILES string of the molecule is CCNC(=O)c1c(O)c2c(n(Cc3ccc(C#N)c(C)c3)c1=O)COCC2. The monoisotopic (exact) mass is 367 g/mol. The molecule has 0 radical (unpaired) electrons. The van der Waals surface area contributed by atoms with E-state index in [0.717, 1.165) is 11.1 Å². The number of pyridine rings is 1. The van der Waals surface area contributed by atoms with Gasteiger partial charge in [0.15, 0.2) is 0 Å². The van der Waals surface area contributed by atoms with Gasteiger partial charge in [-0.2, -0.15) is 5.26 Å². The van der Waals surface area contributed by atoms with Crippen LogP contribution in [0.25, 0.3) is 0 Å². The van der Waals surface area contributed by atoms with Crippen molar-refractivity contribution in [2.45, 2.75) is 33.4 Å². The molecular weight excluding hydrogens is 346 g/mol. The van der Waals surface area contributed by atoms with Crippen molar-refractivity contribution < 1.29 is 14.6 Å². The molecule has 27 heavy (non-hydrogen) atoms. The minimum atomic E-state index is -0.584. The molecule has 140 valence electrons. The summed E-state index contributed by atoms with van der Waals surface area (Å²) >= 11 is 0. The fourth-order valence-electron chi connectivity index (χ4n) is 3.33. The van der Waals surface area contributed by atoms with E-state index in [9.17, 15) is 14.7 Å². The molecule has 2 heterocycles. The molecular formula is C20H21N3O4. The number of ether oxygens (including phenoxy) is 1. The lowest BCUT2D eigenvalue weighted by Crippen LogP contribution is -2.37. The largest absolute Gasteiger partial charge is 0.507 e. The topological polar surface area (TPSA) is 104 Å². The summed E-state index contributed by atoms with van der Waals surface area (Å²) in [4.78, 5) is 25.4. The second-order valence-corrected chi connectivity index (χ2v) is 6.46. The van der Waals surface area contributed by atoms with E-state index in [1.807, 2.05) is 13.0 Å². The van der Waals surface area contributed by atoms with Crippen molar-refractivity contribution in [1.82, 2.24) is 9.88 Å². The van der Waals surface area contributed by atoms with Gasteiger partial charge in [-0.15, -0.1) is 0 Å². The Morgan fingerprint density at radius 3 is 2.89 bits per heavy atom. The standard InChI is InChI=1S/C20H21N3O4/c1-3-22-19(25)17-18(24)15-6-7-27-11-16(15)23(20(17)26)10-13-4-5-14(9-21)12(2)8-13/h4-5,8,24H,3,6-7,10-11H2,1-2H3,(H,22,25). The number of aryl methyl sites for hydroxylation is 1. The van der Waals surface area contributed by atoms with Gasteiger partial charge < -0.3 is 19.7 Å². The summed E-state index contributed by atoms with van der Waals surface area (Å²) in [6.45, 7) is 4.78. The van der Waals surface area contributed by atoms with Gasteiger partial charge in [-0.3, -0.25) is 9.59 Å². The van der Waals surface area contributed by atoms with Crippen molar-refractivity contribution in [3.8, 4) is 11.8 Å². The van der Waals surface area contributed by atoms with Crippen LogP contribution in [0, 0.1) is 18.3 Å². The quantitative estimate of drug-likeness (QED) is 0.854. The van der Waals surface area contributed by atoms with Crippen molar-refractivity contribution in [1.29, 1.82) is 5.26 Å². The summed E-state index contributed by atoms with van der Waals surface area (Å²) in [5.74, 6) is -0.837. The van der Waals surface area contributed by atoms with Crippen LogP contribution in [0.1, 0.15) is 45.2 Å².